The number of hydrogen-bond acceptors (Lipinski definition) is 4. The topological polar surface area (TPSA) is 71.5 Å². The quantitative estimate of drug-likeness (QED) is 0.908. The molecule has 3 N–H and O–H groups in total. The number of carbonyl (C=O) groups excluding carboxylic acids is 1. The Morgan fingerprint density at radius 1 is 1.17 bits per heavy atom. The first kappa shape index (κ1) is 15.6. The molecule has 5 nitrogen and oxygen atoms in total. The molecule has 0 spiro atoms. The van der Waals surface area contributed by atoms with E-state index in [0.29, 0.717) is 11.3 Å². The number of furan rings is 1. The van der Waals surface area contributed by atoms with Crippen LogP contribution in [0.4, 0.5) is 11.4 Å². The molecule has 1 aliphatic heterocycles. The number of rotatable bonds is 4. The van der Waals surface area contributed by atoms with Gasteiger partial charge in [-0.2, -0.15) is 0 Å². The molecule has 0 saturated carbocycles. The maximum Gasteiger partial charge on any atom is 0.258 e. The molecule has 1 aromatic heterocycles. The molecule has 2 heterocycles. The van der Waals surface area contributed by atoms with Crippen LogP contribution in [0.5, 0.6) is 0 Å². The lowest BCUT2D eigenvalue weighted by Crippen LogP contribution is -2.25. The molecule has 2 aromatic rings. The van der Waals surface area contributed by atoms with Crippen molar-refractivity contribution in [2.75, 3.05) is 23.3 Å². The van der Waals surface area contributed by atoms with E-state index in [1.165, 1.54) is 31.9 Å². The van der Waals surface area contributed by atoms with Crippen molar-refractivity contribution in [3.8, 4) is 0 Å². The zero-order valence-electron chi connectivity index (χ0n) is 13.3. The van der Waals surface area contributed by atoms with Crippen molar-refractivity contribution < 1.29 is 9.21 Å². The third kappa shape index (κ3) is 3.74. The largest absolute Gasteiger partial charge is 0.467 e. The molecule has 1 fully saturated rings. The molecular weight excluding hydrogens is 290 g/mol. The van der Waals surface area contributed by atoms with E-state index in [-0.39, 0.29) is 12.5 Å². The number of para-hydroxylation sites is 2. The summed E-state index contributed by atoms with van der Waals surface area (Å²) in [6.07, 6.45) is 6.41. The van der Waals surface area contributed by atoms with Gasteiger partial charge >= 0.3 is 0 Å². The summed E-state index contributed by atoms with van der Waals surface area (Å²) in [5, 5.41) is 3.00. The Hall–Kier alpha value is -2.27. The number of benzene rings is 1. The zero-order valence-corrected chi connectivity index (χ0v) is 13.3. The van der Waals surface area contributed by atoms with Gasteiger partial charge < -0.3 is 20.4 Å². The first-order valence-electron chi connectivity index (χ1n) is 8.21. The summed E-state index contributed by atoms with van der Waals surface area (Å²) in [6, 6.07) is 9.66. The van der Waals surface area contributed by atoms with Crippen molar-refractivity contribution in [3.05, 3.63) is 47.9 Å². The van der Waals surface area contributed by atoms with E-state index >= 15 is 0 Å². The Morgan fingerprint density at radius 2 is 1.91 bits per heavy atom. The van der Waals surface area contributed by atoms with E-state index in [1.54, 1.807) is 6.07 Å². The molecular formula is C18H23N3O2. The van der Waals surface area contributed by atoms with Crippen LogP contribution in [0.25, 0.3) is 0 Å². The highest BCUT2D eigenvalue weighted by atomic mass is 16.3. The normalized spacial score (nSPS) is 15.3. The van der Waals surface area contributed by atoms with Crippen LogP contribution in [0.15, 0.2) is 41.0 Å². The second kappa shape index (κ2) is 7.33. The molecule has 5 heteroatoms. The van der Waals surface area contributed by atoms with Crippen LogP contribution in [0.3, 0.4) is 0 Å². The van der Waals surface area contributed by atoms with E-state index in [9.17, 15) is 4.79 Å². The summed E-state index contributed by atoms with van der Waals surface area (Å²) in [5.74, 6) is 0.437. The van der Waals surface area contributed by atoms with Gasteiger partial charge in [0.15, 0.2) is 0 Å². The van der Waals surface area contributed by atoms with Crippen LogP contribution >= 0.6 is 0 Å². The molecule has 0 bridgehead atoms. The van der Waals surface area contributed by atoms with Crippen LogP contribution in [0.1, 0.15) is 41.8 Å². The second-order valence-corrected chi connectivity index (χ2v) is 5.88. The summed E-state index contributed by atoms with van der Waals surface area (Å²) >= 11 is 0. The molecule has 1 saturated heterocycles. The number of nitrogens with zero attached hydrogens (tertiary/aromatic N) is 1. The lowest BCUT2D eigenvalue weighted by atomic mass is 10.2. The molecule has 23 heavy (non-hydrogen) atoms. The van der Waals surface area contributed by atoms with Crippen molar-refractivity contribution in [1.29, 1.82) is 0 Å². The fourth-order valence-electron chi connectivity index (χ4n) is 2.97. The first-order valence-corrected chi connectivity index (χ1v) is 8.21. The molecule has 3 rings (SSSR count). The van der Waals surface area contributed by atoms with Crippen LogP contribution in [-0.4, -0.2) is 19.0 Å². The van der Waals surface area contributed by atoms with Crippen LogP contribution in [0, 0.1) is 0 Å². The van der Waals surface area contributed by atoms with Crippen molar-refractivity contribution in [1.82, 2.24) is 0 Å². The predicted molar refractivity (Wildman–Crippen MR) is 91.7 cm³/mol. The van der Waals surface area contributed by atoms with Gasteiger partial charge in [-0.25, -0.2) is 0 Å². The van der Waals surface area contributed by atoms with Crippen LogP contribution in [-0.2, 0) is 6.54 Å². The Bertz CT molecular complexity index is 658. The van der Waals surface area contributed by atoms with E-state index in [2.05, 4.69) is 16.3 Å². The number of hydrogen-bond donors (Lipinski definition) is 2. The minimum absolute atomic E-state index is 0.171. The monoisotopic (exact) mass is 313 g/mol. The summed E-state index contributed by atoms with van der Waals surface area (Å²) in [6.45, 7) is 2.36. The summed E-state index contributed by atoms with van der Waals surface area (Å²) in [5.41, 5.74) is 7.95. The van der Waals surface area contributed by atoms with Crippen LogP contribution in [0.2, 0.25) is 0 Å². The fraction of sp³-hybridized carbons (Fsp3) is 0.389. The molecule has 0 radical (unpaired) electrons. The summed E-state index contributed by atoms with van der Waals surface area (Å²) < 4.78 is 5.24. The third-order valence-corrected chi connectivity index (χ3v) is 4.22. The lowest BCUT2D eigenvalue weighted by molar-refractivity contribution is 0.102. The van der Waals surface area contributed by atoms with Crippen molar-refractivity contribution >= 4 is 17.3 Å². The molecule has 1 aromatic carbocycles. The standard InChI is InChI=1S/C18H23N3O2/c19-12-15-11-14(13-23-15)18(22)20-16-7-3-4-8-17(16)21-9-5-1-2-6-10-21/h3-4,7-8,11,13H,1-2,5-6,9-10,12,19H2,(H,20,22). The zero-order chi connectivity index (χ0) is 16.1. The van der Waals surface area contributed by atoms with Gasteiger partial charge in [0.05, 0.1) is 23.5 Å². The number of amides is 1. The lowest BCUT2D eigenvalue weighted by Gasteiger charge is -2.25. The Morgan fingerprint density at radius 3 is 2.61 bits per heavy atom. The van der Waals surface area contributed by atoms with Gasteiger partial charge in [0.2, 0.25) is 0 Å². The van der Waals surface area contributed by atoms with Crippen molar-refractivity contribution in [3.63, 3.8) is 0 Å². The van der Waals surface area contributed by atoms with Gasteiger partial charge in [0.1, 0.15) is 12.0 Å². The molecule has 1 aliphatic rings. The Kier molecular flexibility index (Phi) is 4.98. The van der Waals surface area contributed by atoms with Gasteiger partial charge in [-0.15, -0.1) is 0 Å². The molecule has 1 amide bonds. The SMILES string of the molecule is NCc1cc(C(=O)Nc2ccccc2N2CCCCCC2)co1. The molecule has 0 unspecified atom stereocenters. The van der Waals surface area contributed by atoms with Gasteiger partial charge in [-0.1, -0.05) is 25.0 Å². The maximum atomic E-state index is 12.4. The van der Waals surface area contributed by atoms with Gasteiger partial charge in [0.25, 0.3) is 5.91 Å². The Labute approximate surface area is 136 Å². The molecule has 0 aliphatic carbocycles. The minimum atomic E-state index is -0.171. The highest BCUT2D eigenvalue weighted by Crippen LogP contribution is 2.28. The maximum absolute atomic E-state index is 12.4. The van der Waals surface area contributed by atoms with E-state index < -0.39 is 0 Å². The first-order chi connectivity index (χ1) is 11.3. The smallest absolute Gasteiger partial charge is 0.258 e. The van der Waals surface area contributed by atoms with Gasteiger partial charge in [-0.05, 0) is 31.0 Å². The van der Waals surface area contributed by atoms with Gasteiger partial charge in [0, 0.05) is 13.1 Å². The van der Waals surface area contributed by atoms with E-state index in [4.69, 9.17) is 10.2 Å². The predicted octanol–water partition coefficient (Wildman–Crippen LogP) is 3.37. The minimum Gasteiger partial charge on any atom is -0.467 e. The third-order valence-electron chi connectivity index (χ3n) is 4.22. The Balaban J connectivity index is 1.78. The fourth-order valence-corrected chi connectivity index (χ4v) is 2.97. The molecule has 0 atom stereocenters. The average molecular weight is 313 g/mol. The van der Waals surface area contributed by atoms with E-state index in [0.717, 1.165) is 24.5 Å². The second-order valence-electron chi connectivity index (χ2n) is 5.88. The summed E-state index contributed by atoms with van der Waals surface area (Å²) in [7, 11) is 0. The molecule has 122 valence electrons. The van der Waals surface area contributed by atoms with Crippen molar-refractivity contribution in [2.24, 2.45) is 5.73 Å². The van der Waals surface area contributed by atoms with Crippen LogP contribution < -0.4 is 16.0 Å². The number of nitrogens with two attached hydrogens (primary N) is 1. The highest BCUT2D eigenvalue weighted by Gasteiger charge is 2.16. The highest BCUT2D eigenvalue weighted by molar-refractivity contribution is 6.05. The average Bonchev–Trinajstić information content (AvgIpc) is 2.90. The number of nitrogens with one attached hydrogen (secondary N) is 1. The summed E-state index contributed by atoms with van der Waals surface area (Å²) in [4.78, 5) is 14.8. The number of anilines is 2. The number of carbonyl (C=O) groups is 1. The van der Waals surface area contributed by atoms with Gasteiger partial charge in [-0.3, -0.25) is 4.79 Å². The van der Waals surface area contributed by atoms with Crippen molar-refractivity contribution in [2.45, 2.75) is 32.2 Å². The van der Waals surface area contributed by atoms with E-state index in [1.807, 2.05) is 18.2 Å².